The second kappa shape index (κ2) is 6.03. The molecule has 5 heteroatoms. The van der Waals surface area contributed by atoms with Gasteiger partial charge in [0.1, 0.15) is 0 Å². The Morgan fingerprint density at radius 1 is 1.11 bits per heavy atom. The van der Waals surface area contributed by atoms with Gasteiger partial charge < -0.3 is 5.73 Å². The maximum Gasteiger partial charge on any atom is 0.218 e. The Morgan fingerprint density at radius 3 is 2.00 bits per heavy atom. The van der Waals surface area contributed by atoms with E-state index in [4.69, 9.17) is 5.73 Å². The Labute approximate surface area is 116 Å². The average molecular weight is 284 g/mol. The fourth-order valence-electron chi connectivity index (χ4n) is 1.86. The van der Waals surface area contributed by atoms with E-state index in [0.29, 0.717) is 13.1 Å². The van der Waals surface area contributed by atoms with Gasteiger partial charge in [0.25, 0.3) is 0 Å². The second-order valence-corrected chi connectivity index (χ2v) is 8.17. The van der Waals surface area contributed by atoms with E-state index in [1.54, 1.807) is 7.05 Å². The summed E-state index contributed by atoms with van der Waals surface area (Å²) in [5, 5.41) is 0. The zero-order chi connectivity index (χ0) is 14.7. The van der Waals surface area contributed by atoms with Crippen molar-refractivity contribution in [1.29, 1.82) is 0 Å². The highest BCUT2D eigenvalue weighted by atomic mass is 32.2. The molecule has 0 saturated heterocycles. The minimum atomic E-state index is -3.26. The Kier molecular flexibility index (Phi) is 5.12. The summed E-state index contributed by atoms with van der Waals surface area (Å²) >= 11 is 0. The summed E-state index contributed by atoms with van der Waals surface area (Å²) < 4.78 is 25.9. The fourth-order valence-corrected chi connectivity index (χ4v) is 3.28. The zero-order valence-corrected chi connectivity index (χ0v) is 13.0. The lowest BCUT2D eigenvalue weighted by Gasteiger charge is -2.26. The van der Waals surface area contributed by atoms with Crippen LogP contribution in [0.1, 0.15) is 31.9 Å². The van der Waals surface area contributed by atoms with E-state index in [1.807, 2.05) is 45.0 Å². The molecule has 108 valence electrons. The predicted octanol–water partition coefficient (Wildman–Crippen LogP) is 1.95. The molecule has 0 amide bonds. The van der Waals surface area contributed by atoms with Crippen molar-refractivity contribution >= 4 is 10.0 Å². The first-order valence-corrected chi connectivity index (χ1v) is 7.97. The van der Waals surface area contributed by atoms with E-state index >= 15 is 0 Å². The number of hydrogen-bond donors (Lipinski definition) is 1. The van der Waals surface area contributed by atoms with Crippen molar-refractivity contribution in [3.05, 3.63) is 35.4 Å². The van der Waals surface area contributed by atoms with Gasteiger partial charge in [0, 0.05) is 20.1 Å². The number of nitrogens with two attached hydrogens (primary N) is 1. The average Bonchev–Trinajstić information content (AvgIpc) is 2.27. The van der Waals surface area contributed by atoms with Crippen LogP contribution in [0.15, 0.2) is 24.3 Å². The lowest BCUT2D eigenvalue weighted by molar-refractivity contribution is 0.310. The van der Waals surface area contributed by atoms with Gasteiger partial charge in [-0.05, 0) is 16.5 Å². The van der Waals surface area contributed by atoms with Crippen molar-refractivity contribution in [2.24, 2.45) is 11.1 Å². The molecule has 0 saturated carbocycles. The molecule has 2 N–H and O–H groups in total. The normalized spacial score (nSPS) is 12.9. The molecule has 0 bridgehead atoms. The van der Waals surface area contributed by atoms with Gasteiger partial charge in [-0.3, -0.25) is 0 Å². The molecule has 4 nitrogen and oxygen atoms in total. The fraction of sp³-hybridized carbons (Fsp3) is 0.571. The summed E-state index contributed by atoms with van der Waals surface area (Å²) in [6.07, 6.45) is 0. The molecule has 0 spiro atoms. The number of nitrogens with zero attached hydrogens (tertiary/aromatic N) is 1. The zero-order valence-electron chi connectivity index (χ0n) is 12.2. The van der Waals surface area contributed by atoms with Crippen molar-refractivity contribution in [1.82, 2.24) is 4.31 Å². The van der Waals surface area contributed by atoms with Crippen molar-refractivity contribution in [2.75, 3.05) is 13.6 Å². The minimum absolute atomic E-state index is 0.0322. The number of rotatable bonds is 5. The number of sulfonamides is 1. The molecule has 1 aromatic rings. The molecule has 0 aromatic heterocycles. The topological polar surface area (TPSA) is 63.4 Å². The van der Waals surface area contributed by atoms with Gasteiger partial charge in [0.15, 0.2) is 0 Å². The van der Waals surface area contributed by atoms with Crippen LogP contribution in [0.25, 0.3) is 0 Å². The molecule has 0 unspecified atom stereocenters. The first-order chi connectivity index (χ1) is 8.64. The number of benzene rings is 1. The van der Waals surface area contributed by atoms with Crippen LogP contribution < -0.4 is 5.73 Å². The molecule has 0 aliphatic rings. The smallest absolute Gasteiger partial charge is 0.218 e. The molecule has 1 rings (SSSR count). The Balaban J connectivity index is 2.78. The maximum absolute atomic E-state index is 12.2. The summed E-state index contributed by atoms with van der Waals surface area (Å²) in [6.45, 7) is 7.05. The molecule has 0 heterocycles. The molecule has 0 aliphatic carbocycles. The van der Waals surface area contributed by atoms with Gasteiger partial charge in [0.05, 0.1) is 5.75 Å². The molecular formula is C14H24N2O2S. The molecule has 0 radical (unpaired) electrons. The predicted molar refractivity (Wildman–Crippen MR) is 79.0 cm³/mol. The van der Waals surface area contributed by atoms with Crippen molar-refractivity contribution in [3.63, 3.8) is 0 Å². The third-order valence-electron chi connectivity index (χ3n) is 2.78. The van der Waals surface area contributed by atoms with Crippen molar-refractivity contribution < 1.29 is 8.42 Å². The minimum Gasteiger partial charge on any atom is -0.326 e. The lowest BCUT2D eigenvalue weighted by atomic mass is 9.97. The van der Waals surface area contributed by atoms with E-state index < -0.39 is 10.0 Å². The first-order valence-electron chi connectivity index (χ1n) is 6.36. The van der Waals surface area contributed by atoms with Crippen LogP contribution in [-0.4, -0.2) is 26.3 Å². The molecule has 0 atom stereocenters. The molecule has 0 fully saturated rings. The van der Waals surface area contributed by atoms with E-state index in [1.165, 1.54) is 4.31 Å². The van der Waals surface area contributed by atoms with Crippen LogP contribution in [0.3, 0.4) is 0 Å². The SMILES string of the molecule is CN(CC(C)(C)C)S(=O)(=O)Cc1ccc(CN)cc1. The quantitative estimate of drug-likeness (QED) is 0.899. The van der Waals surface area contributed by atoms with Crippen molar-refractivity contribution in [3.8, 4) is 0 Å². The monoisotopic (exact) mass is 284 g/mol. The van der Waals surface area contributed by atoms with Crippen LogP contribution in [-0.2, 0) is 22.3 Å². The van der Waals surface area contributed by atoms with Crippen LogP contribution in [0.4, 0.5) is 0 Å². The standard InChI is InChI=1S/C14H24N2O2S/c1-14(2,3)11-16(4)19(17,18)10-13-7-5-12(9-15)6-8-13/h5-8H,9-11,15H2,1-4H3. The lowest BCUT2D eigenvalue weighted by Crippen LogP contribution is -2.35. The van der Waals surface area contributed by atoms with Gasteiger partial charge in [-0.1, -0.05) is 45.0 Å². The van der Waals surface area contributed by atoms with E-state index in [9.17, 15) is 8.42 Å². The number of hydrogen-bond acceptors (Lipinski definition) is 3. The molecule has 19 heavy (non-hydrogen) atoms. The van der Waals surface area contributed by atoms with Crippen LogP contribution >= 0.6 is 0 Å². The highest BCUT2D eigenvalue weighted by Crippen LogP contribution is 2.18. The van der Waals surface area contributed by atoms with Gasteiger partial charge in [-0.25, -0.2) is 12.7 Å². The summed E-state index contributed by atoms with van der Waals surface area (Å²) in [5.41, 5.74) is 7.26. The van der Waals surface area contributed by atoms with E-state index in [2.05, 4.69) is 0 Å². The molecule has 0 aliphatic heterocycles. The second-order valence-electron chi connectivity index (χ2n) is 6.09. The van der Waals surface area contributed by atoms with Gasteiger partial charge >= 0.3 is 0 Å². The van der Waals surface area contributed by atoms with Crippen LogP contribution in [0.5, 0.6) is 0 Å². The van der Waals surface area contributed by atoms with Crippen LogP contribution in [0, 0.1) is 5.41 Å². The van der Waals surface area contributed by atoms with Crippen LogP contribution in [0.2, 0.25) is 0 Å². The summed E-state index contributed by atoms with van der Waals surface area (Å²) in [4.78, 5) is 0. The first kappa shape index (κ1) is 16.1. The van der Waals surface area contributed by atoms with Gasteiger partial charge in [-0.15, -0.1) is 0 Å². The highest BCUT2D eigenvalue weighted by molar-refractivity contribution is 7.88. The third-order valence-corrected chi connectivity index (χ3v) is 4.56. The summed E-state index contributed by atoms with van der Waals surface area (Å²) in [6, 6.07) is 7.39. The largest absolute Gasteiger partial charge is 0.326 e. The molecule has 1 aromatic carbocycles. The third kappa shape index (κ3) is 5.30. The van der Waals surface area contributed by atoms with E-state index in [-0.39, 0.29) is 11.2 Å². The van der Waals surface area contributed by atoms with E-state index in [0.717, 1.165) is 11.1 Å². The maximum atomic E-state index is 12.2. The van der Waals surface area contributed by atoms with Gasteiger partial charge in [0.2, 0.25) is 10.0 Å². The Hall–Kier alpha value is -0.910. The summed E-state index contributed by atoms with van der Waals surface area (Å²) in [7, 11) is -1.63. The Bertz CT molecular complexity index is 501. The van der Waals surface area contributed by atoms with Gasteiger partial charge in [-0.2, -0.15) is 0 Å². The summed E-state index contributed by atoms with van der Waals surface area (Å²) in [5.74, 6) is 0.0322. The van der Waals surface area contributed by atoms with Crippen molar-refractivity contribution in [2.45, 2.75) is 33.1 Å². The molecular weight excluding hydrogens is 260 g/mol. The Morgan fingerprint density at radius 2 is 1.58 bits per heavy atom. The highest BCUT2D eigenvalue weighted by Gasteiger charge is 2.23.